The van der Waals surface area contributed by atoms with Crippen LogP contribution in [0.1, 0.15) is 51.5 Å². The predicted molar refractivity (Wildman–Crippen MR) is 134 cm³/mol. The number of guanidine groups is 1. The molecule has 2 heterocycles. The second-order valence-electron chi connectivity index (χ2n) is 8.18. The summed E-state index contributed by atoms with van der Waals surface area (Å²) in [6, 6.07) is 12.0. The van der Waals surface area contributed by atoms with Gasteiger partial charge < -0.3 is 10.6 Å². The fraction of sp³-hybridized carbons (Fsp3) is 0.696. The molecule has 2 saturated heterocycles. The highest BCUT2D eigenvalue weighted by molar-refractivity contribution is 14.0. The van der Waals surface area contributed by atoms with Gasteiger partial charge in [0.15, 0.2) is 5.96 Å². The largest absolute Gasteiger partial charge is 0.357 e. The molecule has 3 rings (SSSR count). The number of hydrogen-bond acceptors (Lipinski definition) is 3. The van der Waals surface area contributed by atoms with Gasteiger partial charge >= 0.3 is 0 Å². The van der Waals surface area contributed by atoms with Gasteiger partial charge in [0.2, 0.25) is 0 Å². The number of hydrogen-bond donors (Lipinski definition) is 2. The highest BCUT2D eigenvalue weighted by Crippen LogP contribution is 2.17. The van der Waals surface area contributed by atoms with E-state index in [2.05, 4.69) is 64.6 Å². The lowest BCUT2D eigenvalue weighted by Crippen LogP contribution is -2.49. The van der Waals surface area contributed by atoms with E-state index in [9.17, 15) is 0 Å². The zero-order valence-corrected chi connectivity index (χ0v) is 20.6. The topological polar surface area (TPSA) is 42.9 Å². The normalized spacial score (nSPS) is 22.1. The van der Waals surface area contributed by atoms with Crippen molar-refractivity contribution in [3.8, 4) is 0 Å². The molecule has 1 aromatic carbocycles. The van der Waals surface area contributed by atoms with Gasteiger partial charge in [-0.15, -0.1) is 24.0 Å². The number of aliphatic imine (C=N–C) groups is 1. The van der Waals surface area contributed by atoms with Crippen molar-refractivity contribution in [3.63, 3.8) is 0 Å². The lowest BCUT2D eigenvalue weighted by atomic mass is 10.0. The molecule has 2 N–H and O–H groups in total. The molecule has 0 bridgehead atoms. The van der Waals surface area contributed by atoms with E-state index in [0.29, 0.717) is 12.1 Å². The van der Waals surface area contributed by atoms with Gasteiger partial charge in [-0.25, -0.2) is 0 Å². The maximum Gasteiger partial charge on any atom is 0.191 e. The van der Waals surface area contributed by atoms with Crippen LogP contribution in [0.5, 0.6) is 0 Å². The van der Waals surface area contributed by atoms with Crippen molar-refractivity contribution in [2.24, 2.45) is 4.99 Å². The number of likely N-dealkylation sites (tertiary alicyclic amines) is 2. The lowest BCUT2D eigenvalue weighted by Gasteiger charge is -2.35. The van der Waals surface area contributed by atoms with E-state index in [1.807, 2.05) is 0 Å². The van der Waals surface area contributed by atoms with Crippen LogP contribution in [0.2, 0.25) is 0 Å². The number of piperidine rings is 2. The summed E-state index contributed by atoms with van der Waals surface area (Å²) in [7, 11) is 0. The number of halogens is 1. The Balaban J connectivity index is 0.00000300. The molecule has 2 aliphatic heterocycles. The molecular weight excluding hydrogens is 473 g/mol. The Morgan fingerprint density at radius 2 is 1.79 bits per heavy atom. The summed E-state index contributed by atoms with van der Waals surface area (Å²) < 4.78 is 0. The Bertz CT molecular complexity index is 586. The number of likely N-dealkylation sites (N-methyl/N-ethyl adjacent to an activating group) is 1. The van der Waals surface area contributed by atoms with Crippen molar-refractivity contribution in [3.05, 3.63) is 35.9 Å². The summed E-state index contributed by atoms with van der Waals surface area (Å²) in [6.45, 7) is 12.0. The van der Waals surface area contributed by atoms with Gasteiger partial charge in [0.1, 0.15) is 0 Å². The van der Waals surface area contributed by atoms with Crippen LogP contribution in [0.3, 0.4) is 0 Å². The van der Waals surface area contributed by atoms with Crippen molar-refractivity contribution in [1.82, 2.24) is 20.4 Å². The molecule has 0 saturated carbocycles. The van der Waals surface area contributed by atoms with E-state index in [0.717, 1.165) is 45.2 Å². The molecule has 29 heavy (non-hydrogen) atoms. The monoisotopic (exact) mass is 513 g/mol. The van der Waals surface area contributed by atoms with Crippen molar-refractivity contribution in [2.75, 3.05) is 39.3 Å². The smallest absolute Gasteiger partial charge is 0.191 e. The van der Waals surface area contributed by atoms with Gasteiger partial charge in [-0.2, -0.15) is 0 Å². The van der Waals surface area contributed by atoms with Crippen LogP contribution < -0.4 is 10.6 Å². The van der Waals surface area contributed by atoms with Gasteiger partial charge in [0.25, 0.3) is 0 Å². The van der Waals surface area contributed by atoms with Crippen LogP contribution >= 0.6 is 24.0 Å². The van der Waals surface area contributed by atoms with E-state index < -0.39 is 0 Å². The number of rotatable bonds is 7. The highest BCUT2D eigenvalue weighted by atomic mass is 127. The number of nitrogens with one attached hydrogen (secondary N) is 2. The average Bonchev–Trinajstić information content (AvgIpc) is 2.74. The first-order valence-electron chi connectivity index (χ1n) is 11.3. The molecular formula is C23H40IN5. The lowest BCUT2D eigenvalue weighted by molar-refractivity contribution is 0.161. The third kappa shape index (κ3) is 8.06. The van der Waals surface area contributed by atoms with Crippen LogP contribution in [0.4, 0.5) is 0 Å². The Kier molecular flexibility index (Phi) is 11.3. The summed E-state index contributed by atoms with van der Waals surface area (Å²) in [4.78, 5) is 10.1. The van der Waals surface area contributed by atoms with Gasteiger partial charge in [-0.3, -0.25) is 14.8 Å². The minimum absolute atomic E-state index is 0. The molecule has 1 aromatic rings. The van der Waals surface area contributed by atoms with E-state index in [-0.39, 0.29) is 24.0 Å². The molecule has 6 heteroatoms. The van der Waals surface area contributed by atoms with Crippen LogP contribution in [-0.4, -0.2) is 67.1 Å². The van der Waals surface area contributed by atoms with E-state index in [4.69, 9.17) is 4.99 Å². The van der Waals surface area contributed by atoms with Crippen LogP contribution in [0.25, 0.3) is 0 Å². The predicted octanol–water partition coefficient (Wildman–Crippen LogP) is 3.70. The first-order valence-corrected chi connectivity index (χ1v) is 11.3. The van der Waals surface area contributed by atoms with Crippen LogP contribution in [0, 0.1) is 0 Å². The number of nitrogens with zero attached hydrogens (tertiary/aromatic N) is 3. The maximum atomic E-state index is 4.96. The quantitative estimate of drug-likeness (QED) is 0.332. The Morgan fingerprint density at radius 1 is 1.03 bits per heavy atom. The summed E-state index contributed by atoms with van der Waals surface area (Å²) >= 11 is 0. The van der Waals surface area contributed by atoms with Crippen LogP contribution in [-0.2, 0) is 6.54 Å². The second-order valence-corrected chi connectivity index (χ2v) is 8.18. The maximum absolute atomic E-state index is 4.96. The third-order valence-electron chi connectivity index (χ3n) is 6.14. The van der Waals surface area contributed by atoms with Gasteiger partial charge in [0.05, 0.1) is 6.54 Å². The van der Waals surface area contributed by atoms with E-state index in [1.165, 1.54) is 44.2 Å². The minimum Gasteiger partial charge on any atom is -0.357 e. The SMILES string of the molecule is CCNC(=NCC1CCCCN1CC)NC1CCN(Cc2ccccc2)CC1.I. The Morgan fingerprint density at radius 3 is 2.48 bits per heavy atom. The molecule has 164 valence electrons. The average molecular weight is 514 g/mol. The van der Waals surface area contributed by atoms with Gasteiger partial charge in [0, 0.05) is 38.3 Å². The molecule has 0 spiro atoms. The molecule has 1 unspecified atom stereocenters. The minimum atomic E-state index is 0. The molecule has 2 aliphatic rings. The first-order chi connectivity index (χ1) is 13.8. The zero-order chi connectivity index (χ0) is 19.6. The standard InChI is InChI=1S/C23H39N5.HI/c1-3-24-23(25-18-22-12-8-9-15-28(22)4-2)26-21-13-16-27(17-14-21)19-20-10-6-5-7-11-20;/h5-7,10-11,21-22H,3-4,8-9,12-19H2,1-2H3,(H2,24,25,26);1H. The molecule has 0 aromatic heterocycles. The van der Waals surface area contributed by atoms with Gasteiger partial charge in [-0.05, 0) is 51.3 Å². The molecule has 2 fully saturated rings. The van der Waals surface area contributed by atoms with Crippen molar-refractivity contribution in [1.29, 1.82) is 0 Å². The fourth-order valence-electron chi connectivity index (χ4n) is 4.47. The van der Waals surface area contributed by atoms with E-state index >= 15 is 0 Å². The molecule has 1 atom stereocenters. The summed E-state index contributed by atoms with van der Waals surface area (Å²) in [5, 5.41) is 7.17. The fourth-order valence-corrected chi connectivity index (χ4v) is 4.47. The molecule has 0 radical (unpaired) electrons. The van der Waals surface area contributed by atoms with Crippen LogP contribution in [0.15, 0.2) is 35.3 Å². The third-order valence-corrected chi connectivity index (χ3v) is 6.14. The molecule has 0 amide bonds. The van der Waals surface area contributed by atoms with E-state index in [1.54, 1.807) is 0 Å². The molecule has 5 nitrogen and oxygen atoms in total. The van der Waals surface area contributed by atoms with Crippen molar-refractivity contribution in [2.45, 2.75) is 64.6 Å². The summed E-state index contributed by atoms with van der Waals surface area (Å²) in [6.07, 6.45) is 6.34. The summed E-state index contributed by atoms with van der Waals surface area (Å²) in [5.74, 6) is 1.01. The van der Waals surface area contributed by atoms with Gasteiger partial charge in [-0.1, -0.05) is 43.7 Å². The summed E-state index contributed by atoms with van der Waals surface area (Å²) in [5.41, 5.74) is 1.41. The Labute approximate surface area is 194 Å². The number of benzene rings is 1. The zero-order valence-electron chi connectivity index (χ0n) is 18.3. The highest BCUT2D eigenvalue weighted by Gasteiger charge is 2.22. The second kappa shape index (κ2) is 13.4. The van der Waals surface area contributed by atoms with Crippen molar-refractivity contribution >= 4 is 29.9 Å². The first kappa shape index (κ1) is 24.4. The molecule has 0 aliphatic carbocycles. The van der Waals surface area contributed by atoms with Crippen molar-refractivity contribution < 1.29 is 0 Å². The Hall–Kier alpha value is -0.860.